The van der Waals surface area contributed by atoms with Gasteiger partial charge in [-0.3, -0.25) is 4.79 Å². The van der Waals surface area contributed by atoms with Crippen molar-refractivity contribution >= 4 is 17.7 Å². The van der Waals surface area contributed by atoms with Crippen molar-refractivity contribution in [2.75, 3.05) is 6.61 Å². The standard InChI is InChI=1S/C15H16F4O2S/c1-2-21-13(20)14(7-3-4-8-14)22-12-6-5-10(16)9-11(12)15(17,18)19/h5-6,9H,2-4,7-8H2,1H3. The molecular weight excluding hydrogens is 320 g/mol. The first-order valence-corrected chi connectivity index (χ1v) is 7.83. The molecule has 1 saturated carbocycles. The molecule has 122 valence electrons. The number of halogens is 4. The van der Waals surface area contributed by atoms with Crippen molar-refractivity contribution in [1.29, 1.82) is 0 Å². The Labute approximate surface area is 130 Å². The number of rotatable bonds is 4. The summed E-state index contributed by atoms with van der Waals surface area (Å²) in [6.07, 6.45) is -2.22. The molecule has 2 rings (SSSR count). The summed E-state index contributed by atoms with van der Waals surface area (Å²) in [5.74, 6) is -1.44. The van der Waals surface area contributed by atoms with Crippen LogP contribution < -0.4 is 0 Å². The molecule has 1 aliphatic carbocycles. The Bertz CT molecular complexity index is 551. The molecule has 22 heavy (non-hydrogen) atoms. The fourth-order valence-corrected chi connectivity index (χ4v) is 4.06. The topological polar surface area (TPSA) is 26.3 Å². The number of alkyl halides is 3. The van der Waals surface area contributed by atoms with Gasteiger partial charge in [0, 0.05) is 4.90 Å². The maximum Gasteiger partial charge on any atom is 0.417 e. The molecule has 1 fully saturated rings. The molecule has 0 amide bonds. The van der Waals surface area contributed by atoms with Crippen LogP contribution in [0.5, 0.6) is 0 Å². The number of hydrogen-bond acceptors (Lipinski definition) is 3. The van der Waals surface area contributed by atoms with Gasteiger partial charge in [-0.25, -0.2) is 4.39 Å². The van der Waals surface area contributed by atoms with Gasteiger partial charge in [0.25, 0.3) is 0 Å². The number of benzene rings is 1. The molecule has 2 nitrogen and oxygen atoms in total. The molecule has 0 atom stereocenters. The second-order valence-electron chi connectivity index (χ2n) is 5.16. The number of esters is 1. The molecule has 1 aromatic rings. The van der Waals surface area contributed by atoms with Crippen LogP contribution in [-0.2, 0) is 15.7 Å². The minimum absolute atomic E-state index is 0.135. The molecule has 0 heterocycles. The van der Waals surface area contributed by atoms with E-state index in [4.69, 9.17) is 4.74 Å². The van der Waals surface area contributed by atoms with Crippen molar-refractivity contribution in [3.8, 4) is 0 Å². The number of carbonyl (C=O) groups excluding carboxylic acids is 1. The predicted molar refractivity (Wildman–Crippen MR) is 75.1 cm³/mol. The Hall–Kier alpha value is -1.24. The third-order valence-electron chi connectivity index (χ3n) is 3.61. The summed E-state index contributed by atoms with van der Waals surface area (Å²) in [5, 5.41) is 0. The third kappa shape index (κ3) is 3.56. The van der Waals surface area contributed by atoms with E-state index in [-0.39, 0.29) is 11.5 Å². The zero-order valence-corrected chi connectivity index (χ0v) is 12.8. The van der Waals surface area contributed by atoms with Gasteiger partial charge in [-0.1, -0.05) is 12.8 Å². The van der Waals surface area contributed by atoms with Gasteiger partial charge >= 0.3 is 12.1 Å². The van der Waals surface area contributed by atoms with E-state index in [1.807, 2.05) is 0 Å². The van der Waals surface area contributed by atoms with Gasteiger partial charge in [0.05, 0.1) is 12.2 Å². The average Bonchev–Trinajstić information content (AvgIpc) is 2.90. The normalized spacial score (nSPS) is 17.5. The molecule has 0 unspecified atom stereocenters. The fourth-order valence-electron chi connectivity index (χ4n) is 2.58. The second kappa shape index (κ2) is 6.48. The largest absolute Gasteiger partial charge is 0.465 e. The van der Waals surface area contributed by atoms with Crippen LogP contribution in [0.3, 0.4) is 0 Å². The van der Waals surface area contributed by atoms with Gasteiger partial charge in [-0.05, 0) is 38.0 Å². The van der Waals surface area contributed by atoms with E-state index in [2.05, 4.69) is 0 Å². The molecule has 0 aromatic heterocycles. The molecule has 0 aliphatic heterocycles. The minimum Gasteiger partial charge on any atom is -0.465 e. The smallest absolute Gasteiger partial charge is 0.417 e. The number of carbonyl (C=O) groups is 1. The van der Waals surface area contributed by atoms with E-state index in [9.17, 15) is 22.4 Å². The lowest BCUT2D eigenvalue weighted by Crippen LogP contribution is -2.34. The fraction of sp³-hybridized carbons (Fsp3) is 0.533. The van der Waals surface area contributed by atoms with Gasteiger partial charge in [-0.15, -0.1) is 11.8 Å². The Morgan fingerprint density at radius 3 is 2.50 bits per heavy atom. The van der Waals surface area contributed by atoms with Crippen LogP contribution in [0.25, 0.3) is 0 Å². The molecule has 0 radical (unpaired) electrons. The van der Waals surface area contributed by atoms with Gasteiger partial charge in [0.15, 0.2) is 0 Å². The second-order valence-corrected chi connectivity index (χ2v) is 6.59. The average molecular weight is 336 g/mol. The SMILES string of the molecule is CCOC(=O)C1(Sc2ccc(F)cc2C(F)(F)F)CCCC1. The maximum absolute atomic E-state index is 13.2. The van der Waals surface area contributed by atoms with Crippen LogP contribution >= 0.6 is 11.8 Å². The highest BCUT2D eigenvalue weighted by Crippen LogP contribution is 2.49. The Morgan fingerprint density at radius 2 is 1.95 bits per heavy atom. The van der Waals surface area contributed by atoms with Gasteiger partial charge in [0.1, 0.15) is 10.6 Å². The van der Waals surface area contributed by atoms with E-state index in [0.717, 1.165) is 36.7 Å². The summed E-state index contributed by atoms with van der Waals surface area (Å²) >= 11 is 0.848. The molecule has 1 aromatic carbocycles. The summed E-state index contributed by atoms with van der Waals surface area (Å²) in [6, 6.07) is 2.53. The molecule has 1 aliphatic rings. The molecule has 0 N–H and O–H groups in total. The van der Waals surface area contributed by atoms with E-state index in [1.54, 1.807) is 6.92 Å². The van der Waals surface area contributed by atoms with E-state index in [0.29, 0.717) is 18.9 Å². The van der Waals surface area contributed by atoms with Crippen molar-refractivity contribution in [1.82, 2.24) is 0 Å². The van der Waals surface area contributed by atoms with Crippen LogP contribution in [0.2, 0.25) is 0 Å². The van der Waals surface area contributed by atoms with Gasteiger partial charge < -0.3 is 4.74 Å². The molecule has 0 bridgehead atoms. The van der Waals surface area contributed by atoms with Crippen molar-refractivity contribution in [2.45, 2.75) is 48.4 Å². The predicted octanol–water partition coefficient (Wildman–Crippen LogP) is 4.81. The van der Waals surface area contributed by atoms with E-state index >= 15 is 0 Å². The molecule has 7 heteroatoms. The molecular formula is C15H16F4O2S. The highest BCUT2D eigenvalue weighted by Gasteiger charge is 2.45. The summed E-state index contributed by atoms with van der Waals surface area (Å²) in [4.78, 5) is 12.1. The van der Waals surface area contributed by atoms with E-state index < -0.39 is 28.3 Å². The number of thioether (sulfide) groups is 1. The lowest BCUT2D eigenvalue weighted by atomic mass is 10.1. The van der Waals surface area contributed by atoms with Crippen molar-refractivity contribution < 1.29 is 27.1 Å². The highest BCUT2D eigenvalue weighted by atomic mass is 32.2. The Kier molecular flexibility index (Phi) is 5.04. The first-order valence-electron chi connectivity index (χ1n) is 7.01. The Morgan fingerprint density at radius 1 is 1.32 bits per heavy atom. The molecule has 0 saturated heterocycles. The zero-order valence-electron chi connectivity index (χ0n) is 12.0. The lowest BCUT2D eigenvalue weighted by molar-refractivity contribution is -0.146. The quantitative estimate of drug-likeness (QED) is 0.583. The monoisotopic (exact) mass is 336 g/mol. The van der Waals surface area contributed by atoms with E-state index in [1.165, 1.54) is 0 Å². The van der Waals surface area contributed by atoms with Gasteiger partial charge in [0.2, 0.25) is 0 Å². The van der Waals surface area contributed by atoms with Crippen molar-refractivity contribution in [2.24, 2.45) is 0 Å². The van der Waals surface area contributed by atoms with Crippen molar-refractivity contribution in [3.63, 3.8) is 0 Å². The van der Waals surface area contributed by atoms with Crippen LogP contribution in [0.15, 0.2) is 23.1 Å². The van der Waals surface area contributed by atoms with Gasteiger partial charge in [-0.2, -0.15) is 13.2 Å². The zero-order chi connectivity index (χ0) is 16.4. The van der Waals surface area contributed by atoms with Crippen LogP contribution in [0.4, 0.5) is 17.6 Å². The summed E-state index contributed by atoms with van der Waals surface area (Å²) < 4.78 is 56.4. The maximum atomic E-state index is 13.2. The number of ether oxygens (including phenoxy) is 1. The highest BCUT2D eigenvalue weighted by molar-refractivity contribution is 8.01. The van der Waals surface area contributed by atoms with Crippen LogP contribution in [-0.4, -0.2) is 17.3 Å². The first kappa shape index (κ1) is 17.1. The summed E-state index contributed by atoms with van der Waals surface area (Å²) in [7, 11) is 0. The molecule has 0 spiro atoms. The van der Waals surface area contributed by atoms with Crippen molar-refractivity contribution in [3.05, 3.63) is 29.6 Å². The third-order valence-corrected chi connectivity index (χ3v) is 5.15. The summed E-state index contributed by atoms with van der Waals surface area (Å²) in [5.41, 5.74) is -1.05. The first-order chi connectivity index (χ1) is 10.3. The van der Waals surface area contributed by atoms with Crippen LogP contribution in [0.1, 0.15) is 38.2 Å². The number of hydrogen-bond donors (Lipinski definition) is 0. The van der Waals surface area contributed by atoms with Crippen LogP contribution in [0, 0.1) is 5.82 Å². The minimum atomic E-state index is -4.67. The Balaban J connectivity index is 2.37. The lowest BCUT2D eigenvalue weighted by Gasteiger charge is -2.27. The summed E-state index contributed by atoms with van der Waals surface area (Å²) in [6.45, 7) is 1.83.